The van der Waals surface area contributed by atoms with Crippen LogP contribution in [0.5, 0.6) is 0 Å². The van der Waals surface area contributed by atoms with Gasteiger partial charge in [-0.2, -0.15) is 0 Å². The third-order valence-electron chi connectivity index (χ3n) is 5.86. The van der Waals surface area contributed by atoms with Gasteiger partial charge in [-0.1, -0.05) is 11.6 Å². The van der Waals surface area contributed by atoms with Gasteiger partial charge >= 0.3 is 0 Å². The maximum absolute atomic E-state index is 15.5. The standard InChI is InChI=1S/C23H21ClF3N5O/c24-20-16(17(25)1-2-18(20)26)13-32-6-5-28-22-19(32)11-14(12-30-22)15-3-4-29-23(21(15)27)31-7-9-33-10-8-31/h1-4,11-12H,5-10,13H2,(H,28,30). The molecular formula is C23H21ClF3N5O. The molecular weight excluding hydrogens is 455 g/mol. The zero-order valence-corrected chi connectivity index (χ0v) is 18.4. The zero-order chi connectivity index (χ0) is 22.9. The number of rotatable bonds is 4. The Balaban J connectivity index is 1.50. The first-order valence-electron chi connectivity index (χ1n) is 10.6. The summed E-state index contributed by atoms with van der Waals surface area (Å²) < 4.78 is 49.1. The molecule has 2 aliphatic rings. The van der Waals surface area contributed by atoms with Gasteiger partial charge in [-0.25, -0.2) is 23.1 Å². The molecule has 0 amide bonds. The minimum atomic E-state index is -0.676. The van der Waals surface area contributed by atoms with Crippen molar-refractivity contribution in [3.63, 3.8) is 0 Å². The van der Waals surface area contributed by atoms with E-state index in [0.29, 0.717) is 62.0 Å². The van der Waals surface area contributed by atoms with E-state index in [2.05, 4.69) is 15.3 Å². The number of hydrogen-bond donors (Lipinski definition) is 1. The van der Waals surface area contributed by atoms with Gasteiger partial charge < -0.3 is 19.9 Å². The zero-order valence-electron chi connectivity index (χ0n) is 17.6. The van der Waals surface area contributed by atoms with Crippen molar-refractivity contribution in [3.8, 4) is 11.1 Å². The van der Waals surface area contributed by atoms with E-state index in [-0.39, 0.29) is 22.9 Å². The van der Waals surface area contributed by atoms with Gasteiger partial charge in [0, 0.05) is 61.8 Å². The number of aromatic nitrogens is 2. The van der Waals surface area contributed by atoms with Gasteiger partial charge in [0.05, 0.1) is 23.9 Å². The number of morpholine rings is 1. The van der Waals surface area contributed by atoms with Crippen molar-refractivity contribution >= 4 is 28.9 Å². The normalized spacial score (nSPS) is 15.9. The Hall–Kier alpha value is -3.04. The first-order valence-corrected chi connectivity index (χ1v) is 11.0. The highest BCUT2D eigenvalue weighted by Gasteiger charge is 2.24. The summed E-state index contributed by atoms with van der Waals surface area (Å²) >= 11 is 6.04. The molecule has 5 rings (SSSR count). The summed E-state index contributed by atoms with van der Waals surface area (Å²) in [6.45, 7) is 3.30. The van der Waals surface area contributed by atoms with E-state index in [9.17, 15) is 8.78 Å². The Morgan fingerprint density at radius 3 is 2.64 bits per heavy atom. The maximum Gasteiger partial charge on any atom is 0.173 e. The molecule has 33 heavy (non-hydrogen) atoms. The highest BCUT2D eigenvalue weighted by molar-refractivity contribution is 6.31. The molecule has 1 N–H and O–H groups in total. The Morgan fingerprint density at radius 2 is 1.82 bits per heavy atom. The molecule has 10 heteroatoms. The van der Waals surface area contributed by atoms with Crippen LogP contribution >= 0.6 is 11.6 Å². The summed E-state index contributed by atoms with van der Waals surface area (Å²) in [5, 5.41) is 2.95. The van der Waals surface area contributed by atoms with Crippen LogP contribution in [0, 0.1) is 17.5 Å². The SMILES string of the molecule is Fc1ccc(F)c(CN2CCNc3ncc(-c4ccnc(N5CCOCC5)c4F)cc32)c1Cl. The molecule has 1 fully saturated rings. The lowest BCUT2D eigenvalue weighted by atomic mass is 10.1. The molecule has 0 aliphatic carbocycles. The number of nitrogens with zero attached hydrogens (tertiary/aromatic N) is 4. The maximum atomic E-state index is 15.5. The van der Waals surface area contributed by atoms with Crippen LogP contribution in [0.2, 0.25) is 5.02 Å². The Labute approximate surface area is 194 Å². The van der Waals surface area contributed by atoms with Gasteiger partial charge in [-0.15, -0.1) is 0 Å². The van der Waals surface area contributed by atoms with E-state index >= 15 is 4.39 Å². The molecule has 0 unspecified atom stereocenters. The monoisotopic (exact) mass is 475 g/mol. The number of hydrogen-bond acceptors (Lipinski definition) is 6. The van der Waals surface area contributed by atoms with Crippen LogP contribution < -0.4 is 15.1 Å². The Bertz CT molecular complexity index is 1190. The number of pyridine rings is 2. The second kappa shape index (κ2) is 9.07. The molecule has 0 bridgehead atoms. The van der Waals surface area contributed by atoms with Crippen LogP contribution in [0.1, 0.15) is 5.56 Å². The highest BCUT2D eigenvalue weighted by atomic mass is 35.5. The van der Waals surface area contributed by atoms with Crippen molar-refractivity contribution in [2.75, 3.05) is 54.5 Å². The third-order valence-corrected chi connectivity index (χ3v) is 6.27. The van der Waals surface area contributed by atoms with E-state index in [1.165, 1.54) is 0 Å². The molecule has 172 valence electrons. The first kappa shape index (κ1) is 21.8. The topological polar surface area (TPSA) is 53.5 Å². The quantitative estimate of drug-likeness (QED) is 0.561. The number of benzene rings is 1. The summed E-state index contributed by atoms with van der Waals surface area (Å²) in [5.74, 6) is -0.834. The molecule has 0 saturated carbocycles. The van der Waals surface area contributed by atoms with Gasteiger partial charge in [0.15, 0.2) is 11.6 Å². The third kappa shape index (κ3) is 4.18. The second-order valence-corrected chi connectivity index (χ2v) is 8.24. The summed E-state index contributed by atoms with van der Waals surface area (Å²) in [6.07, 6.45) is 3.16. The molecule has 6 nitrogen and oxygen atoms in total. The van der Waals surface area contributed by atoms with E-state index in [0.717, 1.165) is 12.1 Å². The van der Waals surface area contributed by atoms with Crippen LogP contribution in [-0.4, -0.2) is 49.4 Å². The summed E-state index contributed by atoms with van der Waals surface area (Å²) in [6, 6.07) is 5.46. The average molecular weight is 476 g/mol. The molecule has 0 spiro atoms. The predicted octanol–water partition coefficient (Wildman–Crippen LogP) is 4.48. The molecule has 1 saturated heterocycles. The van der Waals surface area contributed by atoms with Crippen molar-refractivity contribution in [2.45, 2.75) is 6.54 Å². The van der Waals surface area contributed by atoms with Gasteiger partial charge in [-0.05, 0) is 24.3 Å². The Morgan fingerprint density at radius 1 is 1.03 bits per heavy atom. The molecule has 1 aromatic carbocycles. The van der Waals surface area contributed by atoms with E-state index in [4.69, 9.17) is 16.3 Å². The van der Waals surface area contributed by atoms with E-state index < -0.39 is 17.5 Å². The number of fused-ring (bicyclic) bond motifs is 1. The summed E-state index contributed by atoms with van der Waals surface area (Å²) in [7, 11) is 0. The van der Waals surface area contributed by atoms with Crippen LogP contribution in [-0.2, 0) is 11.3 Å². The largest absolute Gasteiger partial charge is 0.378 e. The van der Waals surface area contributed by atoms with Gasteiger partial charge in [-0.3, -0.25) is 0 Å². The van der Waals surface area contributed by atoms with Crippen LogP contribution in [0.25, 0.3) is 11.1 Å². The lowest BCUT2D eigenvalue weighted by Crippen LogP contribution is -2.37. The fraction of sp³-hybridized carbons (Fsp3) is 0.304. The number of nitrogens with one attached hydrogen (secondary N) is 1. The fourth-order valence-electron chi connectivity index (χ4n) is 4.13. The van der Waals surface area contributed by atoms with Gasteiger partial charge in [0.2, 0.25) is 0 Å². The van der Waals surface area contributed by atoms with Crippen molar-refractivity contribution < 1.29 is 17.9 Å². The number of ether oxygens (including phenoxy) is 1. The summed E-state index contributed by atoms with van der Waals surface area (Å²) in [4.78, 5) is 12.4. The van der Waals surface area contributed by atoms with Gasteiger partial charge in [0.1, 0.15) is 17.5 Å². The molecule has 2 aromatic heterocycles. The molecule has 2 aliphatic heterocycles. The molecule has 0 radical (unpaired) electrons. The predicted molar refractivity (Wildman–Crippen MR) is 121 cm³/mol. The average Bonchev–Trinajstić information content (AvgIpc) is 2.85. The van der Waals surface area contributed by atoms with Crippen molar-refractivity contribution in [1.29, 1.82) is 0 Å². The molecule has 0 atom stereocenters. The molecule has 4 heterocycles. The Kier molecular flexibility index (Phi) is 5.99. The number of anilines is 3. The second-order valence-electron chi connectivity index (χ2n) is 7.86. The van der Waals surface area contributed by atoms with Crippen molar-refractivity contribution in [2.24, 2.45) is 0 Å². The van der Waals surface area contributed by atoms with E-state index in [1.807, 2.05) is 9.80 Å². The van der Waals surface area contributed by atoms with Crippen LogP contribution in [0.3, 0.4) is 0 Å². The van der Waals surface area contributed by atoms with Crippen molar-refractivity contribution in [1.82, 2.24) is 9.97 Å². The lowest BCUT2D eigenvalue weighted by molar-refractivity contribution is 0.122. The first-order chi connectivity index (χ1) is 16.0. The van der Waals surface area contributed by atoms with E-state index in [1.54, 1.807) is 24.5 Å². The summed E-state index contributed by atoms with van der Waals surface area (Å²) in [5.41, 5.74) is 1.65. The number of halogens is 4. The smallest absolute Gasteiger partial charge is 0.173 e. The van der Waals surface area contributed by atoms with Crippen LogP contribution in [0.4, 0.5) is 30.5 Å². The lowest BCUT2D eigenvalue weighted by Gasteiger charge is -2.32. The minimum absolute atomic E-state index is 0.0556. The fourth-order valence-corrected chi connectivity index (χ4v) is 4.34. The van der Waals surface area contributed by atoms with Gasteiger partial charge in [0.25, 0.3) is 0 Å². The highest BCUT2D eigenvalue weighted by Crippen LogP contribution is 2.36. The molecule has 3 aromatic rings. The van der Waals surface area contributed by atoms with Crippen LogP contribution in [0.15, 0.2) is 36.7 Å². The minimum Gasteiger partial charge on any atom is -0.378 e. The van der Waals surface area contributed by atoms with Crippen molar-refractivity contribution in [3.05, 3.63) is 64.7 Å².